The van der Waals surface area contributed by atoms with E-state index in [4.69, 9.17) is 29.5 Å². The number of unbranched alkanes of at least 4 members (excludes halogenated alkanes) is 2. The summed E-state index contributed by atoms with van der Waals surface area (Å²) in [5.74, 6) is -4.17. The van der Waals surface area contributed by atoms with Crippen molar-refractivity contribution in [3.05, 3.63) is 0 Å². The lowest BCUT2D eigenvalue weighted by Gasteiger charge is -2.39. The Kier molecular flexibility index (Phi) is 35.7. The lowest BCUT2D eigenvalue weighted by molar-refractivity contribution is -0.271. The molecular weight excluding hydrogens is 682 g/mol. The van der Waals surface area contributed by atoms with Crippen LogP contribution in [0.4, 0.5) is 43.9 Å². The third-order valence-electron chi connectivity index (χ3n) is 6.12. The monoisotopic (exact) mass is 738 g/mol. The molecule has 0 aromatic carbocycles. The predicted octanol–water partition coefficient (Wildman–Crippen LogP) is 5.45. The van der Waals surface area contributed by atoms with E-state index in [1.807, 2.05) is 0 Å². The fourth-order valence-electron chi connectivity index (χ4n) is 2.93. The Hall–Kier alpha value is -1.06. The normalized spacial score (nSPS) is 14.5. The molecule has 296 valence electrons. The number of aliphatic hydroxyl groups excluding tert-OH is 4. The molecule has 0 spiro atoms. The molecule has 0 aliphatic rings. The number of aliphatic hydroxyl groups is 4. The predicted molar refractivity (Wildman–Crippen MR) is 157 cm³/mol. The van der Waals surface area contributed by atoms with E-state index in [1.165, 1.54) is 6.42 Å². The molecule has 3 unspecified atom stereocenters. The van der Waals surface area contributed by atoms with Gasteiger partial charge in [0.15, 0.2) is 0 Å². The van der Waals surface area contributed by atoms with Crippen LogP contribution in [0.1, 0.15) is 60.3 Å². The molecule has 4 N–H and O–H groups in total. The zero-order valence-corrected chi connectivity index (χ0v) is 28.4. The van der Waals surface area contributed by atoms with Crippen molar-refractivity contribution in [3.8, 4) is 0 Å². The minimum absolute atomic E-state index is 0.00760. The van der Waals surface area contributed by atoms with Gasteiger partial charge in [0.2, 0.25) is 6.93 Å². The second-order valence-corrected chi connectivity index (χ2v) is 10.6. The Morgan fingerprint density at radius 1 is 0.667 bits per heavy atom. The molecule has 0 aliphatic carbocycles. The third kappa shape index (κ3) is 29.8. The van der Waals surface area contributed by atoms with Crippen molar-refractivity contribution in [2.45, 2.75) is 96.7 Å². The van der Waals surface area contributed by atoms with Crippen LogP contribution < -0.4 is 0 Å². The van der Waals surface area contributed by atoms with Crippen LogP contribution in [0.2, 0.25) is 0 Å². The molecule has 0 amide bonds. The van der Waals surface area contributed by atoms with Gasteiger partial charge in [-0.3, -0.25) is 0 Å². The topological polar surface area (TPSA) is 127 Å². The summed E-state index contributed by atoms with van der Waals surface area (Å²) in [7, 11) is 0. The summed E-state index contributed by atoms with van der Waals surface area (Å²) >= 11 is 0. The number of hydrogen-bond acceptors (Lipinski definition) is 9. The van der Waals surface area contributed by atoms with E-state index in [0.29, 0.717) is 19.8 Å². The molecule has 3 atom stereocenters. The van der Waals surface area contributed by atoms with Crippen molar-refractivity contribution in [1.82, 2.24) is 0 Å². The molecule has 19 heteroatoms. The van der Waals surface area contributed by atoms with Crippen molar-refractivity contribution in [3.63, 3.8) is 0 Å². The first-order chi connectivity index (χ1) is 22.2. The van der Waals surface area contributed by atoms with Gasteiger partial charge in [0.1, 0.15) is 23.8 Å². The molecule has 0 aromatic heterocycles. The fourth-order valence-corrected chi connectivity index (χ4v) is 2.93. The molecule has 48 heavy (non-hydrogen) atoms. The van der Waals surface area contributed by atoms with Crippen molar-refractivity contribution >= 4 is 0 Å². The number of ether oxygens (including phenoxy) is 5. The SMILES string of the molecule is CC(C)(F)C(C)(COCCO)C(F)(F)F.CCCCCC(O)COCCO.CCOCC(COCC(F)(F)C(F)F)OCCO.FCF. The van der Waals surface area contributed by atoms with Gasteiger partial charge in [-0.15, -0.1) is 0 Å². The van der Waals surface area contributed by atoms with E-state index in [2.05, 4.69) is 16.4 Å². The number of rotatable bonds is 24. The van der Waals surface area contributed by atoms with Crippen LogP contribution >= 0.6 is 0 Å². The van der Waals surface area contributed by atoms with Gasteiger partial charge in [-0.25, -0.2) is 22.0 Å². The summed E-state index contributed by atoms with van der Waals surface area (Å²) in [5.41, 5.74) is -5.02. The second-order valence-electron chi connectivity index (χ2n) is 10.6. The zero-order valence-electron chi connectivity index (χ0n) is 28.4. The molecule has 0 saturated carbocycles. The molecule has 0 rings (SSSR count). The summed E-state index contributed by atoms with van der Waals surface area (Å²) in [6, 6.07) is 0. The van der Waals surface area contributed by atoms with Gasteiger partial charge in [0, 0.05) is 6.61 Å². The maximum absolute atomic E-state index is 13.5. The van der Waals surface area contributed by atoms with Crippen LogP contribution in [0.25, 0.3) is 0 Å². The highest BCUT2D eigenvalue weighted by Gasteiger charge is 2.60. The average Bonchev–Trinajstić information content (AvgIpc) is 2.98. The van der Waals surface area contributed by atoms with Crippen molar-refractivity contribution in [2.24, 2.45) is 5.41 Å². The van der Waals surface area contributed by atoms with Gasteiger partial charge in [-0.2, -0.15) is 22.0 Å². The summed E-state index contributed by atoms with van der Waals surface area (Å²) in [5, 5.41) is 34.6. The standard InChI is InChI=1S/C10H18F4O4.C9H16F4O2.C9H20O3.CH2F2/c1-2-16-5-8(18-4-3-15)6-17-7-10(13,14)9(11)12;1-7(2,10)8(3,9(11,12)13)6-15-5-4-14;1-2-3-4-5-9(11)8-12-7-6-10;2-1-3/h8-9,15H,2-7H2,1H3;14H,4-6H2,1-3H3;9-11H,2-8H2,1H3;1H2. The lowest BCUT2D eigenvalue weighted by atomic mass is 9.76. The van der Waals surface area contributed by atoms with Crippen molar-refractivity contribution in [1.29, 1.82) is 0 Å². The maximum atomic E-state index is 13.5. The van der Waals surface area contributed by atoms with E-state index in [-0.39, 0.29) is 52.4 Å². The van der Waals surface area contributed by atoms with E-state index < -0.39 is 55.9 Å². The highest BCUT2D eigenvalue weighted by atomic mass is 19.4. The lowest BCUT2D eigenvalue weighted by Crippen LogP contribution is -2.52. The summed E-state index contributed by atoms with van der Waals surface area (Å²) < 4.78 is 143. The molecule has 0 heterocycles. The summed E-state index contributed by atoms with van der Waals surface area (Å²) in [6.07, 6.45) is -5.30. The van der Waals surface area contributed by atoms with E-state index >= 15 is 0 Å². The smallest absolute Gasteiger partial charge is 0.394 e. The van der Waals surface area contributed by atoms with E-state index in [0.717, 1.165) is 40.0 Å². The largest absolute Gasteiger partial charge is 0.399 e. The number of halogens is 10. The fraction of sp³-hybridized carbons (Fsp3) is 1.00. The molecule has 0 fully saturated rings. The average molecular weight is 739 g/mol. The Morgan fingerprint density at radius 2 is 1.17 bits per heavy atom. The summed E-state index contributed by atoms with van der Waals surface area (Å²) in [4.78, 5) is 0. The van der Waals surface area contributed by atoms with Crippen LogP contribution in [-0.2, 0) is 23.7 Å². The molecule has 0 saturated heterocycles. The first-order valence-electron chi connectivity index (χ1n) is 15.2. The van der Waals surface area contributed by atoms with Gasteiger partial charge < -0.3 is 44.1 Å². The molecule has 0 aliphatic heterocycles. The number of alkyl halides is 10. The summed E-state index contributed by atoms with van der Waals surface area (Å²) in [6.45, 7) is 2.43. The molecule has 0 bridgehead atoms. The van der Waals surface area contributed by atoms with Crippen molar-refractivity contribution in [2.75, 3.05) is 86.2 Å². The Bertz CT molecular complexity index is 642. The molecule has 0 radical (unpaired) electrons. The first-order valence-corrected chi connectivity index (χ1v) is 15.2. The quantitative estimate of drug-likeness (QED) is 0.0756. The van der Waals surface area contributed by atoms with Gasteiger partial charge in [0.25, 0.3) is 0 Å². The van der Waals surface area contributed by atoms with Gasteiger partial charge in [0.05, 0.1) is 72.2 Å². The van der Waals surface area contributed by atoms with Crippen molar-refractivity contribution < 1.29 is 88.0 Å². The third-order valence-corrected chi connectivity index (χ3v) is 6.12. The van der Waals surface area contributed by atoms with Crippen LogP contribution in [0.5, 0.6) is 0 Å². The van der Waals surface area contributed by atoms with Gasteiger partial charge >= 0.3 is 18.5 Å². The van der Waals surface area contributed by atoms with Gasteiger partial charge in [-0.05, 0) is 34.1 Å². The Balaban J connectivity index is -0.000000295. The molecule has 9 nitrogen and oxygen atoms in total. The second kappa shape index (κ2) is 31.9. The minimum Gasteiger partial charge on any atom is -0.394 e. The van der Waals surface area contributed by atoms with Crippen LogP contribution in [0, 0.1) is 5.41 Å². The highest BCUT2D eigenvalue weighted by molar-refractivity contribution is 4.95. The maximum Gasteiger partial charge on any atom is 0.399 e. The van der Waals surface area contributed by atoms with E-state index in [9.17, 15) is 49.0 Å². The van der Waals surface area contributed by atoms with Crippen LogP contribution in [0.15, 0.2) is 0 Å². The van der Waals surface area contributed by atoms with Gasteiger partial charge in [-0.1, -0.05) is 26.2 Å². The number of hydrogen-bond donors (Lipinski definition) is 4. The Morgan fingerprint density at radius 3 is 1.58 bits per heavy atom. The molecular formula is C29H56F10O9. The Labute approximate surface area is 276 Å². The minimum atomic E-state index is -4.69. The van der Waals surface area contributed by atoms with Crippen LogP contribution in [0.3, 0.4) is 0 Å². The highest BCUT2D eigenvalue weighted by Crippen LogP contribution is 2.48. The van der Waals surface area contributed by atoms with Crippen LogP contribution in [-0.4, -0.2) is 143 Å². The molecule has 0 aromatic rings. The van der Waals surface area contributed by atoms with E-state index in [1.54, 1.807) is 6.92 Å². The first kappa shape index (κ1) is 53.7. The zero-order chi connectivity index (χ0) is 38.3.